The van der Waals surface area contributed by atoms with Gasteiger partial charge in [0.05, 0.1) is 12.8 Å². The predicted molar refractivity (Wildman–Crippen MR) is 78.9 cm³/mol. The molecule has 1 aromatic heterocycles. The smallest absolute Gasteiger partial charge is 0.289 e. The van der Waals surface area contributed by atoms with E-state index in [0.29, 0.717) is 5.69 Å². The number of ether oxygens (including phenoxy) is 1. The van der Waals surface area contributed by atoms with E-state index in [2.05, 4.69) is 5.10 Å². The number of hydrogen-bond acceptors (Lipinski definition) is 4. The Morgan fingerprint density at radius 1 is 1.33 bits per heavy atom. The summed E-state index contributed by atoms with van der Waals surface area (Å²) in [6, 6.07) is 10.8. The minimum atomic E-state index is -0.432. The monoisotopic (exact) mass is 281 g/mol. The lowest BCUT2D eigenvalue weighted by atomic mass is 10.1. The largest absolute Gasteiger partial charge is 0.497 e. The van der Waals surface area contributed by atoms with E-state index in [9.17, 15) is 10.1 Å². The molecule has 0 aliphatic rings. The number of aryl methyl sites for hydroxylation is 2. The van der Waals surface area contributed by atoms with Gasteiger partial charge >= 0.3 is 0 Å². The van der Waals surface area contributed by atoms with Gasteiger partial charge in [-0.15, -0.1) is 0 Å². The summed E-state index contributed by atoms with van der Waals surface area (Å²) in [6.45, 7) is 3.58. The van der Waals surface area contributed by atoms with Crippen molar-refractivity contribution in [1.29, 1.82) is 5.26 Å². The molecule has 106 valence electrons. The fraction of sp³-hybridized carbons (Fsp3) is 0.188. The van der Waals surface area contributed by atoms with Crippen molar-refractivity contribution in [2.24, 2.45) is 0 Å². The summed E-state index contributed by atoms with van der Waals surface area (Å²) in [5.74, 6) is 0.287. The predicted octanol–water partition coefficient (Wildman–Crippen LogP) is 2.76. The molecule has 0 atom stereocenters. The number of hydrogen-bond donors (Lipinski definition) is 0. The van der Waals surface area contributed by atoms with Gasteiger partial charge in [-0.2, -0.15) is 10.4 Å². The number of methoxy groups -OCH3 is 1. The third-order valence-electron chi connectivity index (χ3n) is 2.98. The Balaban J connectivity index is 2.34. The first kappa shape index (κ1) is 14.5. The zero-order chi connectivity index (χ0) is 15.4. The summed E-state index contributed by atoms with van der Waals surface area (Å²) in [5.41, 5.74) is 2.23. The third kappa shape index (κ3) is 3.18. The molecule has 0 aliphatic heterocycles. The van der Waals surface area contributed by atoms with Crippen LogP contribution in [0.4, 0.5) is 0 Å². The van der Waals surface area contributed by atoms with Crippen molar-refractivity contribution in [3.05, 3.63) is 52.9 Å². The summed E-state index contributed by atoms with van der Waals surface area (Å²) in [5, 5.41) is 13.3. The zero-order valence-electron chi connectivity index (χ0n) is 12.1. The second-order valence-electron chi connectivity index (χ2n) is 4.59. The molecule has 21 heavy (non-hydrogen) atoms. The summed E-state index contributed by atoms with van der Waals surface area (Å²) >= 11 is 0. The Morgan fingerprint density at radius 3 is 2.48 bits per heavy atom. The molecule has 1 heterocycles. The molecule has 5 nitrogen and oxygen atoms in total. The quantitative estimate of drug-likeness (QED) is 0.641. The first-order chi connectivity index (χ1) is 10.0. The van der Waals surface area contributed by atoms with Crippen LogP contribution in [0, 0.1) is 25.2 Å². The highest BCUT2D eigenvalue weighted by Gasteiger charge is 2.15. The molecule has 0 radical (unpaired) electrons. The SMILES string of the molecule is COc1ccc(/C=C(/C#N)C(=O)n2nc(C)cc2C)cc1. The number of rotatable bonds is 3. The van der Waals surface area contributed by atoms with Gasteiger partial charge in [0, 0.05) is 5.69 Å². The van der Waals surface area contributed by atoms with Crippen LogP contribution in [-0.4, -0.2) is 22.8 Å². The molecule has 0 spiro atoms. The van der Waals surface area contributed by atoms with E-state index in [1.165, 1.54) is 10.8 Å². The lowest BCUT2D eigenvalue weighted by Gasteiger charge is -2.03. The molecule has 2 rings (SSSR count). The van der Waals surface area contributed by atoms with E-state index < -0.39 is 5.91 Å². The van der Waals surface area contributed by atoms with Crippen molar-refractivity contribution in [2.75, 3.05) is 7.11 Å². The van der Waals surface area contributed by atoms with Crippen molar-refractivity contribution in [2.45, 2.75) is 13.8 Å². The number of carbonyl (C=O) groups is 1. The number of aromatic nitrogens is 2. The molecule has 0 saturated carbocycles. The van der Waals surface area contributed by atoms with Crippen LogP contribution in [0.5, 0.6) is 5.75 Å². The molecular formula is C16H15N3O2. The molecule has 0 fully saturated rings. The first-order valence-corrected chi connectivity index (χ1v) is 6.39. The highest BCUT2D eigenvalue weighted by molar-refractivity contribution is 6.03. The third-order valence-corrected chi connectivity index (χ3v) is 2.98. The van der Waals surface area contributed by atoms with Crippen LogP contribution >= 0.6 is 0 Å². The number of nitriles is 1. The molecule has 0 saturated heterocycles. The maximum Gasteiger partial charge on any atom is 0.289 e. The van der Waals surface area contributed by atoms with Crippen molar-refractivity contribution in [3.8, 4) is 11.8 Å². The molecule has 0 amide bonds. The molecule has 0 unspecified atom stereocenters. The average Bonchev–Trinajstić information content (AvgIpc) is 2.83. The van der Waals surface area contributed by atoms with E-state index in [1.807, 2.05) is 6.07 Å². The Bertz CT molecular complexity index is 734. The van der Waals surface area contributed by atoms with Gasteiger partial charge in [-0.05, 0) is 43.7 Å². The van der Waals surface area contributed by atoms with Crippen LogP contribution in [0.3, 0.4) is 0 Å². The first-order valence-electron chi connectivity index (χ1n) is 6.39. The topological polar surface area (TPSA) is 67.9 Å². The average molecular weight is 281 g/mol. The summed E-state index contributed by atoms with van der Waals surface area (Å²) in [6.07, 6.45) is 1.54. The second-order valence-corrected chi connectivity index (χ2v) is 4.59. The Hall–Kier alpha value is -2.87. The molecular weight excluding hydrogens is 266 g/mol. The van der Waals surface area contributed by atoms with Crippen molar-refractivity contribution in [1.82, 2.24) is 9.78 Å². The molecule has 2 aromatic rings. The van der Waals surface area contributed by atoms with Gasteiger partial charge in [-0.3, -0.25) is 4.79 Å². The minimum absolute atomic E-state index is 0.0337. The molecule has 0 N–H and O–H groups in total. The Kier molecular flexibility index (Phi) is 4.19. The Morgan fingerprint density at radius 2 is 2.00 bits per heavy atom. The number of carbonyl (C=O) groups excluding carboxylic acids is 1. The lowest BCUT2D eigenvalue weighted by molar-refractivity contribution is 0.0944. The van der Waals surface area contributed by atoms with Gasteiger partial charge in [-0.1, -0.05) is 12.1 Å². The lowest BCUT2D eigenvalue weighted by Crippen LogP contribution is -2.15. The fourth-order valence-electron chi connectivity index (χ4n) is 1.96. The fourth-order valence-corrected chi connectivity index (χ4v) is 1.96. The molecule has 5 heteroatoms. The molecule has 0 aliphatic carbocycles. The highest BCUT2D eigenvalue weighted by Crippen LogP contribution is 2.15. The summed E-state index contributed by atoms with van der Waals surface area (Å²) in [4.78, 5) is 12.3. The van der Waals surface area contributed by atoms with Crippen molar-refractivity contribution >= 4 is 12.0 Å². The van der Waals surface area contributed by atoms with Crippen molar-refractivity contribution in [3.63, 3.8) is 0 Å². The van der Waals surface area contributed by atoms with Crippen LogP contribution in [0.1, 0.15) is 21.7 Å². The van der Waals surface area contributed by atoms with Crippen molar-refractivity contribution < 1.29 is 9.53 Å². The van der Waals surface area contributed by atoms with E-state index in [4.69, 9.17) is 4.74 Å². The van der Waals surface area contributed by atoms with Gasteiger partial charge in [0.15, 0.2) is 0 Å². The van der Waals surface area contributed by atoms with E-state index in [-0.39, 0.29) is 5.57 Å². The number of benzene rings is 1. The summed E-state index contributed by atoms with van der Waals surface area (Å²) in [7, 11) is 1.58. The minimum Gasteiger partial charge on any atom is -0.497 e. The standard InChI is InChI=1S/C16H15N3O2/c1-11-8-12(2)19(18-11)16(20)14(10-17)9-13-4-6-15(21-3)7-5-13/h4-9H,1-3H3/b14-9-. The van der Waals surface area contributed by atoms with Crippen LogP contribution < -0.4 is 4.74 Å². The zero-order valence-corrected chi connectivity index (χ0v) is 12.1. The second kappa shape index (κ2) is 6.06. The van der Waals surface area contributed by atoms with Crippen LogP contribution in [0.2, 0.25) is 0 Å². The van der Waals surface area contributed by atoms with E-state index in [0.717, 1.165) is 17.0 Å². The molecule has 0 bridgehead atoms. The van der Waals surface area contributed by atoms with Crippen LogP contribution in [0.15, 0.2) is 35.9 Å². The van der Waals surface area contributed by atoms with Gasteiger partial charge in [0.25, 0.3) is 5.91 Å². The van der Waals surface area contributed by atoms with Gasteiger partial charge < -0.3 is 4.74 Å². The van der Waals surface area contributed by atoms with Crippen LogP contribution in [-0.2, 0) is 0 Å². The van der Waals surface area contributed by atoms with Gasteiger partial charge in [0.1, 0.15) is 17.4 Å². The summed E-state index contributed by atoms with van der Waals surface area (Å²) < 4.78 is 6.31. The Labute approximate surface area is 123 Å². The van der Waals surface area contributed by atoms with Gasteiger partial charge in [-0.25, -0.2) is 4.68 Å². The number of nitrogens with zero attached hydrogens (tertiary/aromatic N) is 3. The van der Waals surface area contributed by atoms with Gasteiger partial charge in [0.2, 0.25) is 0 Å². The molecule has 1 aromatic carbocycles. The maximum atomic E-state index is 12.3. The normalized spacial score (nSPS) is 11.0. The van der Waals surface area contributed by atoms with E-state index >= 15 is 0 Å². The highest BCUT2D eigenvalue weighted by atomic mass is 16.5. The van der Waals surface area contributed by atoms with E-state index in [1.54, 1.807) is 51.3 Å². The maximum absolute atomic E-state index is 12.3. The number of allylic oxidation sites excluding steroid dienone is 1. The van der Waals surface area contributed by atoms with Crippen LogP contribution in [0.25, 0.3) is 6.08 Å².